The first-order valence-electron chi connectivity index (χ1n) is 6.94. The summed E-state index contributed by atoms with van der Waals surface area (Å²) in [5.41, 5.74) is -0.720. The largest absolute Gasteiger partial charge is 0.506 e. The topological polar surface area (TPSA) is 85.2 Å². The lowest BCUT2D eigenvalue weighted by Crippen LogP contribution is -2.14. The molecule has 0 atom stereocenters. The number of nitrogens with one attached hydrogen (secondary N) is 2. The minimum atomic E-state index is -4.44. The van der Waals surface area contributed by atoms with Crippen molar-refractivity contribution in [2.75, 3.05) is 10.6 Å². The molecule has 5 nitrogen and oxygen atoms in total. The molecule has 8 heteroatoms. The van der Waals surface area contributed by atoms with Crippen molar-refractivity contribution < 1.29 is 23.1 Å². The quantitative estimate of drug-likeness (QED) is 0.445. The van der Waals surface area contributed by atoms with Crippen LogP contribution in [0.15, 0.2) is 60.3 Å². The number of nitriles is 1. The molecule has 2 aromatic rings. The SMILES string of the molecule is N#C/C(=C/Nc1ccc(C(F)(F)F)cc1)C(=O)Nc1ccccc1O. The van der Waals surface area contributed by atoms with Gasteiger partial charge in [0.15, 0.2) is 0 Å². The number of halogens is 3. The lowest BCUT2D eigenvalue weighted by Gasteiger charge is -2.08. The Morgan fingerprint density at radius 3 is 2.32 bits per heavy atom. The lowest BCUT2D eigenvalue weighted by atomic mass is 10.2. The average molecular weight is 347 g/mol. The number of anilines is 2. The Morgan fingerprint density at radius 1 is 1.12 bits per heavy atom. The third kappa shape index (κ3) is 4.75. The molecular weight excluding hydrogens is 335 g/mol. The van der Waals surface area contributed by atoms with Gasteiger partial charge in [-0.05, 0) is 36.4 Å². The van der Waals surface area contributed by atoms with Crippen molar-refractivity contribution in [3.63, 3.8) is 0 Å². The normalized spacial score (nSPS) is 11.5. The summed E-state index contributed by atoms with van der Waals surface area (Å²) in [6.07, 6.45) is -3.37. The number of nitrogens with zero attached hydrogens (tertiary/aromatic N) is 1. The molecule has 1 amide bonds. The number of carbonyl (C=O) groups excluding carboxylic acids is 1. The van der Waals surface area contributed by atoms with E-state index in [1.807, 2.05) is 0 Å². The summed E-state index contributed by atoms with van der Waals surface area (Å²) in [5.74, 6) is -0.938. The molecule has 2 aromatic carbocycles. The van der Waals surface area contributed by atoms with E-state index >= 15 is 0 Å². The van der Waals surface area contributed by atoms with Crippen LogP contribution in [0.3, 0.4) is 0 Å². The van der Waals surface area contributed by atoms with Crippen LogP contribution in [0.25, 0.3) is 0 Å². The van der Waals surface area contributed by atoms with Crippen molar-refractivity contribution >= 4 is 17.3 Å². The van der Waals surface area contributed by atoms with Gasteiger partial charge in [-0.3, -0.25) is 4.79 Å². The Bertz CT molecular complexity index is 837. The fraction of sp³-hybridized carbons (Fsp3) is 0.0588. The van der Waals surface area contributed by atoms with E-state index in [1.165, 1.54) is 24.3 Å². The summed E-state index contributed by atoms with van der Waals surface area (Å²) < 4.78 is 37.5. The number of hydrogen-bond acceptors (Lipinski definition) is 4. The predicted molar refractivity (Wildman–Crippen MR) is 85.5 cm³/mol. The van der Waals surface area contributed by atoms with Gasteiger partial charge in [-0.25, -0.2) is 0 Å². The van der Waals surface area contributed by atoms with Gasteiger partial charge in [0.1, 0.15) is 17.4 Å². The summed E-state index contributed by atoms with van der Waals surface area (Å²) in [7, 11) is 0. The molecule has 0 saturated heterocycles. The van der Waals surface area contributed by atoms with Gasteiger partial charge in [0.2, 0.25) is 0 Å². The van der Waals surface area contributed by atoms with Crippen molar-refractivity contribution in [3.8, 4) is 11.8 Å². The molecule has 0 aliphatic rings. The predicted octanol–water partition coefficient (Wildman–Crippen LogP) is 3.87. The Labute approximate surface area is 141 Å². The van der Waals surface area contributed by atoms with Gasteiger partial charge in [-0.2, -0.15) is 18.4 Å². The maximum atomic E-state index is 12.5. The summed E-state index contributed by atoms with van der Waals surface area (Å²) in [6, 6.07) is 11.8. The van der Waals surface area contributed by atoms with E-state index in [9.17, 15) is 23.1 Å². The minimum Gasteiger partial charge on any atom is -0.506 e. The molecule has 2 rings (SSSR count). The number of para-hydroxylation sites is 2. The number of phenolic OH excluding ortho intramolecular Hbond substituents is 1. The molecule has 3 N–H and O–H groups in total. The zero-order valence-electron chi connectivity index (χ0n) is 12.6. The molecule has 0 aliphatic carbocycles. The van der Waals surface area contributed by atoms with Crippen molar-refractivity contribution in [1.29, 1.82) is 5.26 Å². The first kappa shape index (κ1) is 17.9. The van der Waals surface area contributed by atoms with E-state index in [0.717, 1.165) is 18.3 Å². The van der Waals surface area contributed by atoms with Gasteiger partial charge < -0.3 is 15.7 Å². The molecule has 0 spiro atoms. The lowest BCUT2D eigenvalue weighted by molar-refractivity contribution is -0.137. The summed E-state index contributed by atoms with van der Waals surface area (Å²) >= 11 is 0. The molecule has 0 fully saturated rings. The highest BCUT2D eigenvalue weighted by molar-refractivity contribution is 6.07. The second-order valence-electron chi connectivity index (χ2n) is 4.86. The number of aromatic hydroxyl groups is 1. The van der Waals surface area contributed by atoms with E-state index in [2.05, 4.69) is 10.6 Å². The molecule has 0 aromatic heterocycles. The number of alkyl halides is 3. The number of benzene rings is 2. The average Bonchev–Trinajstić information content (AvgIpc) is 2.57. The van der Waals surface area contributed by atoms with Crippen molar-refractivity contribution in [3.05, 3.63) is 65.9 Å². The van der Waals surface area contributed by atoms with E-state index in [4.69, 9.17) is 5.26 Å². The first-order chi connectivity index (χ1) is 11.8. The minimum absolute atomic E-state index is 0.128. The van der Waals surface area contributed by atoms with Crippen LogP contribution in [-0.4, -0.2) is 11.0 Å². The Morgan fingerprint density at radius 2 is 1.76 bits per heavy atom. The van der Waals surface area contributed by atoms with Crippen LogP contribution in [0, 0.1) is 11.3 Å². The smallest absolute Gasteiger partial charge is 0.416 e. The second-order valence-corrected chi connectivity index (χ2v) is 4.86. The highest BCUT2D eigenvalue weighted by Gasteiger charge is 2.29. The first-order valence-corrected chi connectivity index (χ1v) is 6.94. The Hall–Kier alpha value is -3.47. The second kappa shape index (κ2) is 7.40. The number of amides is 1. The molecule has 0 radical (unpaired) electrons. The number of hydrogen-bond donors (Lipinski definition) is 3. The maximum Gasteiger partial charge on any atom is 0.416 e. The fourth-order valence-electron chi connectivity index (χ4n) is 1.83. The van der Waals surface area contributed by atoms with E-state index in [-0.39, 0.29) is 22.7 Å². The van der Waals surface area contributed by atoms with Gasteiger partial charge in [0.05, 0.1) is 11.3 Å². The van der Waals surface area contributed by atoms with Crippen molar-refractivity contribution in [2.45, 2.75) is 6.18 Å². The van der Waals surface area contributed by atoms with E-state index in [1.54, 1.807) is 18.2 Å². The maximum absolute atomic E-state index is 12.5. The van der Waals surface area contributed by atoms with Gasteiger partial charge >= 0.3 is 6.18 Å². The third-order valence-corrected chi connectivity index (χ3v) is 3.11. The summed E-state index contributed by atoms with van der Waals surface area (Å²) in [5, 5.41) is 23.6. The number of rotatable bonds is 4. The zero-order chi connectivity index (χ0) is 18.4. The molecule has 0 unspecified atom stereocenters. The van der Waals surface area contributed by atoms with Crippen LogP contribution in [0.4, 0.5) is 24.5 Å². The van der Waals surface area contributed by atoms with Crippen LogP contribution in [0.2, 0.25) is 0 Å². The molecule has 0 heterocycles. The standard InChI is InChI=1S/C17H12F3N3O2/c18-17(19,20)12-5-7-13(8-6-12)22-10-11(9-21)16(25)23-14-3-1-2-4-15(14)24/h1-8,10,22,24H,(H,23,25)/b11-10-. The molecule has 0 bridgehead atoms. The molecule has 128 valence electrons. The number of phenols is 1. The van der Waals surface area contributed by atoms with E-state index < -0.39 is 17.6 Å². The third-order valence-electron chi connectivity index (χ3n) is 3.11. The van der Waals surface area contributed by atoms with Crippen molar-refractivity contribution in [1.82, 2.24) is 0 Å². The van der Waals surface area contributed by atoms with Gasteiger partial charge in [0, 0.05) is 11.9 Å². The molecule has 0 saturated carbocycles. The molecule has 25 heavy (non-hydrogen) atoms. The monoisotopic (exact) mass is 347 g/mol. The number of carbonyl (C=O) groups is 1. The highest BCUT2D eigenvalue weighted by atomic mass is 19.4. The Balaban J connectivity index is 2.09. The van der Waals surface area contributed by atoms with Gasteiger partial charge in [0.25, 0.3) is 5.91 Å². The molecule has 0 aliphatic heterocycles. The molecular formula is C17H12F3N3O2. The highest BCUT2D eigenvalue weighted by Crippen LogP contribution is 2.29. The Kier molecular flexibility index (Phi) is 5.29. The summed E-state index contributed by atoms with van der Waals surface area (Å²) in [6.45, 7) is 0. The van der Waals surface area contributed by atoms with E-state index in [0.29, 0.717) is 0 Å². The van der Waals surface area contributed by atoms with Gasteiger partial charge in [-0.15, -0.1) is 0 Å². The zero-order valence-corrected chi connectivity index (χ0v) is 12.6. The van der Waals surface area contributed by atoms with Crippen molar-refractivity contribution in [2.24, 2.45) is 0 Å². The van der Waals surface area contributed by atoms with Gasteiger partial charge in [-0.1, -0.05) is 12.1 Å². The van der Waals surface area contributed by atoms with Crippen LogP contribution < -0.4 is 10.6 Å². The van der Waals surface area contributed by atoms with Crippen LogP contribution in [0.1, 0.15) is 5.56 Å². The summed E-state index contributed by atoms with van der Waals surface area (Å²) in [4.78, 5) is 12.0. The fourth-order valence-corrected chi connectivity index (χ4v) is 1.83. The van der Waals surface area contributed by atoms with Crippen LogP contribution in [0.5, 0.6) is 5.75 Å². The van der Waals surface area contributed by atoms with Crippen LogP contribution >= 0.6 is 0 Å². The van der Waals surface area contributed by atoms with Crippen LogP contribution in [-0.2, 0) is 11.0 Å².